The zero-order chi connectivity index (χ0) is 11.8. The van der Waals surface area contributed by atoms with Crippen molar-refractivity contribution in [1.29, 1.82) is 0 Å². The molecule has 0 heterocycles. The standard InChI is InChI=1S/C10H21N3O2/c1-3-4-5-7(2)13-10(15)8(11)6-9(12)14/h7-8H,3-6,11H2,1-2H3,(H2,12,14)(H,13,15). The smallest absolute Gasteiger partial charge is 0.237 e. The lowest BCUT2D eigenvalue weighted by atomic mass is 10.1. The molecule has 0 aliphatic heterocycles. The monoisotopic (exact) mass is 215 g/mol. The van der Waals surface area contributed by atoms with E-state index >= 15 is 0 Å². The summed E-state index contributed by atoms with van der Waals surface area (Å²) in [6.45, 7) is 4.01. The molecule has 0 saturated heterocycles. The summed E-state index contributed by atoms with van der Waals surface area (Å²) in [4.78, 5) is 21.9. The van der Waals surface area contributed by atoms with Gasteiger partial charge in [0.25, 0.3) is 0 Å². The summed E-state index contributed by atoms with van der Waals surface area (Å²) in [6.07, 6.45) is 2.97. The molecule has 0 rings (SSSR count). The Kier molecular flexibility index (Phi) is 6.70. The summed E-state index contributed by atoms with van der Waals surface area (Å²) in [6, 6.07) is -0.733. The van der Waals surface area contributed by atoms with Gasteiger partial charge in [-0.15, -0.1) is 0 Å². The number of amides is 2. The Labute approximate surface area is 90.6 Å². The quantitative estimate of drug-likeness (QED) is 0.552. The van der Waals surface area contributed by atoms with Crippen LogP contribution in [0.3, 0.4) is 0 Å². The van der Waals surface area contributed by atoms with Crippen LogP contribution in [-0.2, 0) is 9.59 Å². The molecule has 0 aliphatic carbocycles. The Morgan fingerprint density at radius 2 is 2.00 bits per heavy atom. The first-order chi connectivity index (χ1) is 6.97. The fourth-order valence-electron chi connectivity index (χ4n) is 1.24. The van der Waals surface area contributed by atoms with Crippen LogP contribution in [-0.4, -0.2) is 23.9 Å². The molecular weight excluding hydrogens is 194 g/mol. The molecule has 0 bridgehead atoms. The number of primary amides is 1. The van der Waals surface area contributed by atoms with Crippen molar-refractivity contribution in [2.45, 2.75) is 51.6 Å². The fraction of sp³-hybridized carbons (Fsp3) is 0.800. The number of hydrogen-bond acceptors (Lipinski definition) is 3. The van der Waals surface area contributed by atoms with E-state index in [1.807, 2.05) is 6.92 Å². The van der Waals surface area contributed by atoms with Gasteiger partial charge < -0.3 is 16.8 Å². The Morgan fingerprint density at radius 1 is 1.40 bits per heavy atom. The van der Waals surface area contributed by atoms with Crippen molar-refractivity contribution in [2.75, 3.05) is 0 Å². The van der Waals surface area contributed by atoms with Gasteiger partial charge in [0.15, 0.2) is 0 Å². The number of hydrogen-bond donors (Lipinski definition) is 3. The number of carbonyl (C=O) groups is 2. The van der Waals surface area contributed by atoms with Gasteiger partial charge in [0.1, 0.15) is 0 Å². The van der Waals surface area contributed by atoms with Gasteiger partial charge in [0.2, 0.25) is 11.8 Å². The van der Waals surface area contributed by atoms with Crippen LogP contribution in [0.4, 0.5) is 0 Å². The molecule has 0 saturated carbocycles. The van der Waals surface area contributed by atoms with Crippen LogP contribution in [0.5, 0.6) is 0 Å². The normalized spacial score (nSPS) is 14.3. The van der Waals surface area contributed by atoms with Crippen LogP contribution in [0.15, 0.2) is 0 Å². The van der Waals surface area contributed by atoms with Gasteiger partial charge in [0.05, 0.1) is 12.5 Å². The summed E-state index contributed by atoms with van der Waals surface area (Å²) < 4.78 is 0. The first-order valence-electron chi connectivity index (χ1n) is 5.31. The highest BCUT2D eigenvalue weighted by Gasteiger charge is 2.17. The number of rotatable bonds is 7. The molecular formula is C10H21N3O2. The van der Waals surface area contributed by atoms with E-state index in [9.17, 15) is 9.59 Å². The molecule has 88 valence electrons. The number of carbonyl (C=O) groups excluding carboxylic acids is 2. The third-order valence-electron chi connectivity index (χ3n) is 2.14. The van der Waals surface area contributed by atoms with E-state index in [1.165, 1.54) is 0 Å². The molecule has 0 fully saturated rings. The van der Waals surface area contributed by atoms with E-state index in [0.717, 1.165) is 19.3 Å². The molecule has 2 atom stereocenters. The average Bonchev–Trinajstić information content (AvgIpc) is 2.13. The van der Waals surface area contributed by atoms with Crippen molar-refractivity contribution in [3.8, 4) is 0 Å². The minimum absolute atomic E-state index is 0.0939. The van der Waals surface area contributed by atoms with E-state index in [-0.39, 0.29) is 18.4 Å². The van der Waals surface area contributed by atoms with Crippen molar-refractivity contribution < 1.29 is 9.59 Å². The average molecular weight is 215 g/mol. The minimum Gasteiger partial charge on any atom is -0.370 e. The maximum atomic E-state index is 11.4. The van der Waals surface area contributed by atoms with E-state index in [1.54, 1.807) is 0 Å². The lowest BCUT2D eigenvalue weighted by Gasteiger charge is -2.16. The highest BCUT2D eigenvalue weighted by molar-refractivity contribution is 5.87. The molecule has 0 radical (unpaired) electrons. The molecule has 0 aromatic carbocycles. The van der Waals surface area contributed by atoms with Gasteiger partial charge in [-0.25, -0.2) is 0 Å². The summed E-state index contributed by atoms with van der Waals surface area (Å²) >= 11 is 0. The summed E-state index contributed by atoms with van der Waals surface area (Å²) in [5.41, 5.74) is 10.4. The first kappa shape index (κ1) is 13.9. The van der Waals surface area contributed by atoms with Crippen LogP contribution in [0.2, 0.25) is 0 Å². The maximum absolute atomic E-state index is 11.4. The van der Waals surface area contributed by atoms with E-state index in [2.05, 4.69) is 12.2 Å². The predicted molar refractivity (Wildman–Crippen MR) is 58.9 cm³/mol. The Hall–Kier alpha value is -1.10. The second-order valence-electron chi connectivity index (χ2n) is 3.83. The predicted octanol–water partition coefficient (Wildman–Crippen LogP) is -0.116. The molecule has 0 aromatic heterocycles. The van der Waals surface area contributed by atoms with Gasteiger partial charge in [-0.1, -0.05) is 19.8 Å². The van der Waals surface area contributed by atoms with Gasteiger partial charge in [-0.2, -0.15) is 0 Å². The number of unbranched alkanes of at least 4 members (excludes halogenated alkanes) is 1. The van der Waals surface area contributed by atoms with Gasteiger partial charge >= 0.3 is 0 Å². The van der Waals surface area contributed by atoms with Gasteiger partial charge in [-0.3, -0.25) is 9.59 Å². The lowest BCUT2D eigenvalue weighted by molar-refractivity contribution is -0.126. The topological polar surface area (TPSA) is 98.2 Å². The largest absolute Gasteiger partial charge is 0.370 e. The number of nitrogens with one attached hydrogen (secondary N) is 1. The Morgan fingerprint density at radius 3 is 2.47 bits per heavy atom. The third-order valence-corrected chi connectivity index (χ3v) is 2.14. The molecule has 2 amide bonds. The molecule has 0 aliphatic rings. The Balaban J connectivity index is 3.85. The van der Waals surface area contributed by atoms with Crippen LogP contribution in [0, 0.1) is 0 Å². The van der Waals surface area contributed by atoms with Crippen molar-refractivity contribution >= 4 is 11.8 Å². The maximum Gasteiger partial charge on any atom is 0.237 e. The minimum atomic E-state index is -0.827. The Bertz CT molecular complexity index is 219. The molecule has 5 heteroatoms. The van der Waals surface area contributed by atoms with Crippen molar-refractivity contribution in [3.05, 3.63) is 0 Å². The molecule has 0 aromatic rings. The third kappa shape index (κ3) is 6.90. The molecule has 5 nitrogen and oxygen atoms in total. The lowest BCUT2D eigenvalue weighted by Crippen LogP contribution is -2.46. The second kappa shape index (κ2) is 7.23. The highest BCUT2D eigenvalue weighted by Crippen LogP contribution is 2.00. The summed E-state index contributed by atoms with van der Waals surface area (Å²) in [5.74, 6) is -0.865. The number of nitrogens with two attached hydrogens (primary N) is 2. The van der Waals surface area contributed by atoms with E-state index in [4.69, 9.17) is 11.5 Å². The van der Waals surface area contributed by atoms with Crippen LogP contribution in [0.1, 0.15) is 39.5 Å². The molecule has 5 N–H and O–H groups in total. The van der Waals surface area contributed by atoms with Gasteiger partial charge in [0, 0.05) is 6.04 Å². The molecule has 0 spiro atoms. The van der Waals surface area contributed by atoms with Gasteiger partial charge in [-0.05, 0) is 13.3 Å². The van der Waals surface area contributed by atoms with Crippen molar-refractivity contribution in [2.24, 2.45) is 11.5 Å². The van der Waals surface area contributed by atoms with Crippen LogP contribution in [0.25, 0.3) is 0 Å². The first-order valence-corrected chi connectivity index (χ1v) is 5.31. The van der Waals surface area contributed by atoms with Crippen LogP contribution < -0.4 is 16.8 Å². The SMILES string of the molecule is CCCCC(C)NC(=O)C(N)CC(N)=O. The van der Waals surface area contributed by atoms with Crippen molar-refractivity contribution in [1.82, 2.24) is 5.32 Å². The molecule has 2 unspecified atom stereocenters. The molecule has 15 heavy (non-hydrogen) atoms. The fourth-order valence-corrected chi connectivity index (χ4v) is 1.24. The van der Waals surface area contributed by atoms with E-state index in [0.29, 0.717) is 0 Å². The van der Waals surface area contributed by atoms with Crippen LogP contribution >= 0.6 is 0 Å². The second-order valence-corrected chi connectivity index (χ2v) is 3.83. The zero-order valence-corrected chi connectivity index (χ0v) is 9.45. The van der Waals surface area contributed by atoms with E-state index < -0.39 is 11.9 Å². The summed E-state index contributed by atoms with van der Waals surface area (Å²) in [7, 11) is 0. The van der Waals surface area contributed by atoms with Crippen molar-refractivity contribution in [3.63, 3.8) is 0 Å². The zero-order valence-electron chi connectivity index (χ0n) is 9.45. The summed E-state index contributed by atoms with van der Waals surface area (Å²) in [5, 5.41) is 2.75. The highest BCUT2D eigenvalue weighted by atomic mass is 16.2.